The van der Waals surface area contributed by atoms with Gasteiger partial charge in [0.15, 0.2) is 11.5 Å². The number of para-hydroxylation sites is 6. The molecule has 0 fully saturated rings. The van der Waals surface area contributed by atoms with Crippen LogP contribution in [0.25, 0.3) is 0 Å². The molecule has 46 heavy (non-hydrogen) atoms. The van der Waals surface area contributed by atoms with E-state index >= 15 is 0 Å². The van der Waals surface area contributed by atoms with Crippen LogP contribution in [-0.4, -0.2) is 21.7 Å². The molecule has 0 atom stereocenters. The SMILES string of the molecule is C.O=C1Nc2ccccc2Oc2c1cccc2[N+](=O)[O-].O=C1c2cccc([N+](=O)[O-])c2Oc2ccccc2N1Cc1ccccc1. The zero-order chi connectivity index (χ0) is 31.5. The van der Waals surface area contributed by atoms with Gasteiger partial charge in [-0.2, -0.15) is 0 Å². The van der Waals surface area contributed by atoms with Crippen LogP contribution < -0.4 is 19.7 Å². The first-order valence-corrected chi connectivity index (χ1v) is 13.6. The summed E-state index contributed by atoms with van der Waals surface area (Å²) in [7, 11) is 0. The van der Waals surface area contributed by atoms with E-state index in [0.29, 0.717) is 29.4 Å². The van der Waals surface area contributed by atoms with Crippen LogP contribution in [-0.2, 0) is 6.54 Å². The van der Waals surface area contributed by atoms with E-state index in [4.69, 9.17) is 9.47 Å². The minimum absolute atomic E-state index is 0. The van der Waals surface area contributed by atoms with E-state index in [1.165, 1.54) is 30.3 Å². The van der Waals surface area contributed by atoms with Crippen LogP contribution in [0.3, 0.4) is 0 Å². The molecule has 7 rings (SSSR count). The number of anilines is 2. The van der Waals surface area contributed by atoms with Gasteiger partial charge in [0.1, 0.15) is 0 Å². The summed E-state index contributed by atoms with van der Waals surface area (Å²) in [5, 5.41) is 25.0. The van der Waals surface area contributed by atoms with Gasteiger partial charge in [-0.05, 0) is 42.0 Å². The van der Waals surface area contributed by atoms with Crippen LogP contribution in [0.5, 0.6) is 23.0 Å². The number of nitro benzene ring substituents is 2. The van der Waals surface area contributed by atoms with Crippen LogP contribution in [0.15, 0.2) is 115 Å². The maximum atomic E-state index is 13.2. The third kappa shape index (κ3) is 5.95. The number of nitrogens with one attached hydrogen (secondary N) is 1. The average molecular weight is 619 g/mol. The quantitative estimate of drug-likeness (QED) is 0.156. The molecule has 0 saturated carbocycles. The topological polar surface area (TPSA) is 154 Å². The monoisotopic (exact) mass is 618 g/mol. The van der Waals surface area contributed by atoms with Gasteiger partial charge in [0, 0.05) is 12.1 Å². The van der Waals surface area contributed by atoms with Crippen molar-refractivity contribution in [3.63, 3.8) is 0 Å². The normalized spacial score (nSPS) is 12.3. The standard InChI is InChI=1S/C20H14N2O4.C13H8N2O4.CH4/c23-20-15-9-6-11-17(22(24)25)19(15)26-18-12-5-4-10-16(18)21(20)13-14-7-2-1-3-8-14;16-13-8-4-3-6-10(15(17)18)12(8)19-11-7-2-1-5-9(11)14-13;/h1-12H,13H2;1-7H,(H,14,16);1H4. The minimum Gasteiger partial charge on any atom is -0.447 e. The number of amides is 2. The molecular formula is C34H26N4O8. The number of carbonyl (C=O) groups is 2. The summed E-state index contributed by atoms with van der Waals surface area (Å²) in [6.45, 7) is 0.335. The van der Waals surface area contributed by atoms with Crippen molar-refractivity contribution in [3.05, 3.63) is 152 Å². The fourth-order valence-corrected chi connectivity index (χ4v) is 4.91. The molecule has 2 amide bonds. The van der Waals surface area contributed by atoms with Crippen molar-refractivity contribution in [2.45, 2.75) is 14.0 Å². The molecule has 0 spiro atoms. The van der Waals surface area contributed by atoms with Gasteiger partial charge in [0.05, 0.1) is 38.9 Å². The van der Waals surface area contributed by atoms with E-state index in [9.17, 15) is 29.8 Å². The predicted octanol–water partition coefficient (Wildman–Crippen LogP) is 8.14. The predicted molar refractivity (Wildman–Crippen MR) is 171 cm³/mol. The Hall–Kier alpha value is -6.56. The number of ether oxygens (including phenoxy) is 2. The number of nitro groups is 2. The fourth-order valence-electron chi connectivity index (χ4n) is 4.91. The molecule has 0 saturated heterocycles. The molecule has 2 aliphatic heterocycles. The van der Waals surface area contributed by atoms with Crippen molar-refractivity contribution in [1.29, 1.82) is 0 Å². The van der Waals surface area contributed by atoms with E-state index in [1.54, 1.807) is 59.5 Å². The highest BCUT2D eigenvalue weighted by Crippen LogP contribution is 2.44. The van der Waals surface area contributed by atoms with Crippen molar-refractivity contribution < 1.29 is 28.9 Å². The van der Waals surface area contributed by atoms with Crippen molar-refractivity contribution >= 4 is 34.6 Å². The van der Waals surface area contributed by atoms with Crippen molar-refractivity contribution in [1.82, 2.24) is 0 Å². The molecule has 5 aromatic rings. The molecular weight excluding hydrogens is 592 g/mol. The van der Waals surface area contributed by atoms with E-state index < -0.39 is 15.8 Å². The van der Waals surface area contributed by atoms with Crippen molar-refractivity contribution in [2.75, 3.05) is 10.2 Å². The molecule has 12 nitrogen and oxygen atoms in total. The highest BCUT2D eigenvalue weighted by Gasteiger charge is 2.33. The highest BCUT2D eigenvalue weighted by molar-refractivity contribution is 6.10. The van der Waals surface area contributed by atoms with Crippen LogP contribution in [0.4, 0.5) is 22.7 Å². The average Bonchev–Trinajstić information content (AvgIpc) is 3.27. The Morgan fingerprint density at radius 3 is 1.85 bits per heavy atom. The van der Waals surface area contributed by atoms with Crippen LogP contribution >= 0.6 is 0 Å². The molecule has 230 valence electrons. The third-order valence-electron chi connectivity index (χ3n) is 7.00. The zero-order valence-corrected chi connectivity index (χ0v) is 23.3. The van der Waals surface area contributed by atoms with E-state index in [2.05, 4.69) is 5.32 Å². The third-order valence-corrected chi connectivity index (χ3v) is 7.00. The number of carbonyl (C=O) groups excluding carboxylic acids is 2. The smallest absolute Gasteiger partial charge is 0.312 e. The lowest BCUT2D eigenvalue weighted by atomic mass is 10.1. The fraction of sp³-hybridized carbons (Fsp3) is 0.0588. The molecule has 1 N–H and O–H groups in total. The van der Waals surface area contributed by atoms with E-state index in [-0.39, 0.29) is 47.3 Å². The van der Waals surface area contributed by atoms with Gasteiger partial charge in [-0.25, -0.2) is 0 Å². The first kappa shape index (κ1) is 30.9. The first-order valence-electron chi connectivity index (χ1n) is 13.6. The largest absolute Gasteiger partial charge is 0.447 e. The second-order valence-corrected chi connectivity index (χ2v) is 9.82. The lowest BCUT2D eigenvalue weighted by Crippen LogP contribution is -2.29. The molecule has 2 aliphatic rings. The highest BCUT2D eigenvalue weighted by atomic mass is 16.6. The Bertz CT molecular complexity index is 1980. The second kappa shape index (κ2) is 13.0. The van der Waals surface area contributed by atoms with Gasteiger partial charge in [-0.1, -0.05) is 74.2 Å². The van der Waals surface area contributed by atoms with E-state index in [1.807, 2.05) is 30.3 Å². The molecule has 0 unspecified atom stereocenters. The summed E-state index contributed by atoms with van der Waals surface area (Å²) in [6, 6.07) is 32.0. The summed E-state index contributed by atoms with van der Waals surface area (Å²) < 4.78 is 11.4. The molecule has 0 aromatic heterocycles. The molecule has 12 heteroatoms. The summed E-state index contributed by atoms with van der Waals surface area (Å²) in [4.78, 5) is 48.1. The number of fused-ring (bicyclic) bond motifs is 4. The Morgan fingerprint density at radius 1 is 0.630 bits per heavy atom. The van der Waals surface area contributed by atoms with Gasteiger partial charge < -0.3 is 19.7 Å². The first-order chi connectivity index (χ1) is 21.8. The lowest BCUT2D eigenvalue weighted by Gasteiger charge is -2.22. The van der Waals surface area contributed by atoms with E-state index in [0.717, 1.165) is 5.56 Å². The molecule has 0 radical (unpaired) electrons. The maximum absolute atomic E-state index is 13.2. The maximum Gasteiger partial charge on any atom is 0.312 e. The Kier molecular flexibility index (Phi) is 8.71. The summed E-state index contributed by atoms with van der Waals surface area (Å²) >= 11 is 0. The van der Waals surface area contributed by atoms with Crippen molar-refractivity contribution in [2.24, 2.45) is 0 Å². The summed E-state index contributed by atoms with van der Waals surface area (Å²) in [5.74, 6) is -0.0321. The van der Waals surface area contributed by atoms with Gasteiger partial charge >= 0.3 is 11.4 Å². The number of benzene rings is 5. The Balaban J connectivity index is 0.000000186. The van der Waals surface area contributed by atoms with Crippen LogP contribution in [0.2, 0.25) is 0 Å². The van der Waals surface area contributed by atoms with Crippen LogP contribution in [0.1, 0.15) is 33.7 Å². The van der Waals surface area contributed by atoms with Gasteiger partial charge in [0.2, 0.25) is 11.5 Å². The van der Waals surface area contributed by atoms with Crippen LogP contribution in [0, 0.1) is 20.2 Å². The molecule has 0 bridgehead atoms. The van der Waals surface area contributed by atoms with Crippen molar-refractivity contribution in [3.8, 4) is 23.0 Å². The summed E-state index contributed by atoms with van der Waals surface area (Å²) in [5.41, 5.74) is 1.86. The molecule has 5 aromatic carbocycles. The molecule has 2 heterocycles. The number of hydrogen-bond donors (Lipinski definition) is 1. The van der Waals surface area contributed by atoms with Gasteiger partial charge in [0.25, 0.3) is 11.8 Å². The summed E-state index contributed by atoms with van der Waals surface area (Å²) in [6.07, 6.45) is 0. The minimum atomic E-state index is -0.569. The number of hydrogen-bond acceptors (Lipinski definition) is 8. The van der Waals surface area contributed by atoms with Gasteiger partial charge in [-0.3, -0.25) is 29.8 Å². The second-order valence-electron chi connectivity index (χ2n) is 9.82. The van der Waals surface area contributed by atoms with Gasteiger partial charge in [-0.15, -0.1) is 0 Å². The zero-order valence-electron chi connectivity index (χ0n) is 23.3. The number of rotatable bonds is 4. The lowest BCUT2D eigenvalue weighted by molar-refractivity contribution is -0.385. The Morgan fingerprint density at radius 2 is 1.17 bits per heavy atom. The Labute approximate surface area is 262 Å². The number of nitrogens with zero attached hydrogens (tertiary/aromatic N) is 3. The molecule has 0 aliphatic carbocycles.